The molecule has 0 radical (unpaired) electrons. The highest BCUT2D eigenvalue weighted by Crippen LogP contribution is 2.38. The second-order valence-corrected chi connectivity index (χ2v) is 7.82. The van der Waals surface area contributed by atoms with Crippen LogP contribution in [0.4, 0.5) is 5.00 Å². The van der Waals surface area contributed by atoms with Crippen LogP contribution in [-0.2, 0) is 27.1 Å². The monoisotopic (exact) mass is 351 g/mol. The molecule has 1 aliphatic heterocycles. The average Bonchev–Trinajstić information content (AvgIpc) is 3.10. The summed E-state index contributed by atoms with van der Waals surface area (Å²) in [6.45, 7) is 4.31. The zero-order valence-electron chi connectivity index (χ0n) is 14.4. The van der Waals surface area contributed by atoms with E-state index in [1.54, 1.807) is 0 Å². The number of hydrogen-bond acceptors (Lipinski definition) is 5. The lowest BCUT2D eigenvalue weighted by Crippen LogP contribution is -2.27. The molecule has 5 nitrogen and oxygen atoms in total. The first kappa shape index (κ1) is 17.4. The van der Waals surface area contributed by atoms with Gasteiger partial charge < -0.3 is 14.8 Å². The van der Waals surface area contributed by atoms with Gasteiger partial charge >= 0.3 is 5.97 Å². The Bertz CT molecular complexity index is 617. The maximum atomic E-state index is 12.6. The molecule has 1 atom stereocenters. The minimum atomic E-state index is -0.402. The van der Waals surface area contributed by atoms with Gasteiger partial charge in [0.05, 0.1) is 11.7 Å². The third-order valence-corrected chi connectivity index (χ3v) is 5.63. The van der Waals surface area contributed by atoms with E-state index in [2.05, 4.69) is 5.32 Å². The number of anilines is 1. The third kappa shape index (κ3) is 3.81. The number of aryl methyl sites for hydroxylation is 1. The van der Waals surface area contributed by atoms with E-state index >= 15 is 0 Å². The van der Waals surface area contributed by atoms with Crippen molar-refractivity contribution in [2.24, 2.45) is 0 Å². The van der Waals surface area contributed by atoms with E-state index in [9.17, 15) is 9.59 Å². The first-order valence-electron chi connectivity index (χ1n) is 8.84. The zero-order chi connectivity index (χ0) is 17.1. The topological polar surface area (TPSA) is 64.6 Å². The minimum Gasteiger partial charge on any atom is -0.459 e. The fourth-order valence-corrected chi connectivity index (χ4v) is 4.58. The predicted octanol–water partition coefficient (Wildman–Crippen LogP) is 3.70. The van der Waals surface area contributed by atoms with Crippen LogP contribution in [0.25, 0.3) is 0 Å². The second-order valence-electron chi connectivity index (χ2n) is 6.71. The van der Waals surface area contributed by atoms with Crippen LogP contribution in [0, 0.1) is 0 Å². The van der Waals surface area contributed by atoms with Crippen molar-refractivity contribution in [3.8, 4) is 0 Å². The number of hydrogen-bond donors (Lipinski definition) is 1. The largest absolute Gasteiger partial charge is 0.459 e. The fraction of sp³-hybridized carbons (Fsp3) is 0.667. The Morgan fingerprint density at radius 2 is 2.00 bits per heavy atom. The van der Waals surface area contributed by atoms with Crippen LogP contribution in [0.15, 0.2) is 0 Å². The van der Waals surface area contributed by atoms with Gasteiger partial charge in [0, 0.05) is 11.5 Å². The van der Waals surface area contributed by atoms with Crippen LogP contribution in [0.2, 0.25) is 0 Å². The molecule has 0 spiro atoms. The number of carbonyl (C=O) groups excluding carboxylic acids is 2. The van der Waals surface area contributed by atoms with Crippen LogP contribution in [-0.4, -0.2) is 30.7 Å². The number of fused-ring (bicyclic) bond motifs is 1. The summed E-state index contributed by atoms with van der Waals surface area (Å²) in [6, 6.07) is 0. The molecule has 3 rings (SSSR count). The Hall–Kier alpha value is -1.40. The molecule has 2 heterocycles. The van der Waals surface area contributed by atoms with Crippen LogP contribution in [0.5, 0.6) is 0 Å². The van der Waals surface area contributed by atoms with Crippen molar-refractivity contribution >= 4 is 28.2 Å². The summed E-state index contributed by atoms with van der Waals surface area (Å²) in [7, 11) is 0. The number of esters is 1. The van der Waals surface area contributed by atoms with E-state index < -0.39 is 6.10 Å². The van der Waals surface area contributed by atoms with Gasteiger partial charge in [-0.2, -0.15) is 0 Å². The van der Waals surface area contributed by atoms with Crippen molar-refractivity contribution < 1.29 is 19.1 Å². The molecule has 2 aliphatic rings. The van der Waals surface area contributed by atoms with E-state index in [0.29, 0.717) is 17.2 Å². The van der Waals surface area contributed by atoms with Crippen LogP contribution >= 0.6 is 11.3 Å². The number of nitrogens with one attached hydrogen (secondary N) is 1. The van der Waals surface area contributed by atoms with Crippen LogP contribution in [0.1, 0.15) is 66.8 Å². The quantitative estimate of drug-likeness (QED) is 0.663. The van der Waals surface area contributed by atoms with Gasteiger partial charge in [0.25, 0.3) is 5.91 Å². The van der Waals surface area contributed by atoms with E-state index in [1.807, 2.05) is 13.8 Å². The van der Waals surface area contributed by atoms with E-state index in [0.717, 1.165) is 44.1 Å². The summed E-state index contributed by atoms with van der Waals surface area (Å²) in [5, 5.41) is 3.57. The molecule has 1 aliphatic carbocycles. The van der Waals surface area contributed by atoms with Crippen LogP contribution < -0.4 is 5.32 Å². The maximum absolute atomic E-state index is 12.6. The minimum absolute atomic E-state index is 0.150. The molecule has 0 bridgehead atoms. The summed E-state index contributed by atoms with van der Waals surface area (Å²) in [5.74, 6) is -0.477. The second kappa shape index (κ2) is 7.66. The van der Waals surface area contributed by atoms with Crippen molar-refractivity contribution in [3.05, 3.63) is 16.0 Å². The third-order valence-electron chi connectivity index (χ3n) is 4.43. The molecule has 1 saturated heterocycles. The molecule has 0 saturated carbocycles. The molecule has 1 aromatic heterocycles. The van der Waals surface area contributed by atoms with Crippen molar-refractivity contribution in [1.29, 1.82) is 0 Å². The molecular formula is C18H25NO4S. The molecule has 6 heteroatoms. The Kier molecular flexibility index (Phi) is 5.56. The van der Waals surface area contributed by atoms with Crippen LogP contribution in [0.3, 0.4) is 0 Å². The highest BCUT2D eigenvalue weighted by Gasteiger charge is 2.30. The molecule has 0 aromatic carbocycles. The van der Waals surface area contributed by atoms with Gasteiger partial charge in [0.15, 0.2) is 0 Å². The highest BCUT2D eigenvalue weighted by molar-refractivity contribution is 7.17. The average molecular weight is 351 g/mol. The molecule has 1 aromatic rings. The maximum Gasteiger partial charge on any atom is 0.341 e. The van der Waals surface area contributed by atoms with Crippen molar-refractivity contribution in [2.45, 2.75) is 71.0 Å². The molecule has 132 valence electrons. The summed E-state index contributed by atoms with van der Waals surface area (Å²) in [6.07, 6.45) is 6.29. The molecule has 1 fully saturated rings. The lowest BCUT2D eigenvalue weighted by molar-refractivity contribution is -0.124. The molecule has 1 N–H and O–H groups in total. The first-order valence-corrected chi connectivity index (χ1v) is 9.66. The lowest BCUT2D eigenvalue weighted by Gasteiger charge is -2.13. The summed E-state index contributed by atoms with van der Waals surface area (Å²) in [5.41, 5.74) is 1.64. The van der Waals surface area contributed by atoms with Gasteiger partial charge in [0.2, 0.25) is 0 Å². The molecule has 1 unspecified atom stereocenters. The number of rotatable bonds is 4. The fourth-order valence-electron chi connectivity index (χ4n) is 3.30. The van der Waals surface area contributed by atoms with E-state index in [1.165, 1.54) is 22.6 Å². The Morgan fingerprint density at radius 3 is 2.71 bits per heavy atom. The first-order chi connectivity index (χ1) is 11.6. The van der Waals surface area contributed by atoms with Gasteiger partial charge in [-0.1, -0.05) is 6.42 Å². The van der Waals surface area contributed by atoms with E-state index in [-0.39, 0.29) is 18.0 Å². The molecule has 24 heavy (non-hydrogen) atoms. The van der Waals surface area contributed by atoms with Gasteiger partial charge in [0.1, 0.15) is 11.1 Å². The highest BCUT2D eigenvalue weighted by atomic mass is 32.1. The normalized spacial score (nSPS) is 20.5. The van der Waals surface area contributed by atoms with Gasteiger partial charge in [-0.3, -0.25) is 4.79 Å². The lowest BCUT2D eigenvalue weighted by atomic mass is 10.1. The number of thiophene rings is 1. The number of carbonyl (C=O) groups is 2. The Balaban J connectivity index is 1.88. The molecule has 1 amide bonds. The predicted molar refractivity (Wildman–Crippen MR) is 93.7 cm³/mol. The SMILES string of the molecule is CC(C)OC(=O)c1c(NC(=O)C2CCCO2)sc2c1CCCCC2. The Morgan fingerprint density at radius 1 is 1.21 bits per heavy atom. The number of ether oxygens (including phenoxy) is 2. The smallest absolute Gasteiger partial charge is 0.341 e. The van der Waals surface area contributed by atoms with Gasteiger partial charge in [-0.25, -0.2) is 4.79 Å². The van der Waals surface area contributed by atoms with Crippen molar-refractivity contribution in [3.63, 3.8) is 0 Å². The summed E-state index contributed by atoms with van der Waals surface area (Å²) in [4.78, 5) is 26.3. The molecular weight excluding hydrogens is 326 g/mol. The van der Waals surface area contributed by atoms with E-state index in [4.69, 9.17) is 9.47 Å². The number of amides is 1. The Labute approximate surface area is 146 Å². The van der Waals surface area contributed by atoms with Crippen molar-refractivity contribution in [1.82, 2.24) is 0 Å². The summed E-state index contributed by atoms with van der Waals surface area (Å²) < 4.78 is 10.9. The zero-order valence-corrected chi connectivity index (χ0v) is 15.2. The standard InChI is InChI=1S/C18H25NO4S/c1-11(2)23-18(21)15-12-7-4-3-5-9-14(12)24-17(15)19-16(20)13-8-6-10-22-13/h11,13H,3-10H2,1-2H3,(H,19,20). The van der Waals surface area contributed by atoms with Gasteiger partial charge in [-0.05, 0) is 57.9 Å². The van der Waals surface area contributed by atoms with Gasteiger partial charge in [-0.15, -0.1) is 11.3 Å². The van der Waals surface area contributed by atoms with Crippen molar-refractivity contribution in [2.75, 3.05) is 11.9 Å². The summed E-state index contributed by atoms with van der Waals surface area (Å²) >= 11 is 1.53.